The Bertz CT molecular complexity index is 1570. The van der Waals surface area contributed by atoms with Crippen molar-refractivity contribution in [2.24, 2.45) is 4.99 Å². The van der Waals surface area contributed by atoms with Gasteiger partial charge in [-0.25, -0.2) is 0 Å². The van der Waals surface area contributed by atoms with E-state index < -0.39 is 5.97 Å². The van der Waals surface area contributed by atoms with Gasteiger partial charge >= 0.3 is 5.97 Å². The molecule has 0 atom stereocenters. The maximum atomic E-state index is 12.0. The third-order valence-electron chi connectivity index (χ3n) is 6.45. The molecule has 1 heterocycles. The highest BCUT2D eigenvalue weighted by atomic mass is 35.5. The molecule has 0 saturated carbocycles. The number of para-hydroxylation sites is 2. The largest absolute Gasteiger partial charge is 0.481 e. The normalized spacial score (nSPS) is 12.0. The molecule has 0 aromatic heterocycles. The van der Waals surface area contributed by atoms with Gasteiger partial charge in [-0.2, -0.15) is 0 Å². The summed E-state index contributed by atoms with van der Waals surface area (Å²) >= 11 is 18.3. The van der Waals surface area contributed by atoms with E-state index in [-0.39, 0.29) is 18.9 Å². The molecular weight excluding hydrogens is 619 g/mol. The van der Waals surface area contributed by atoms with Gasteiger partial charge in [0.1, 0.15) is 6.54 Å². The molecule has 3 N–H and O–H groups in total. The van der Waals surface area contributed by atoms with Crippen LogP contribution < -0.4 is 15.5 Å². The molecule has 1 aliphatic heterocycles. The molecule has 0 saturated heterocycles. The van der Waals surface area contributed by atoms with E-state index in [0.717, 1.165) is 35.6 Å². The maximum Gasteiger partial charge on any atom is 0.307 e. The van der Waals surface area contributed by atoms with E-state index in [9.17, 15) is 9.59 Å². The van der Waals surface area contributed by atoms with Crippen molar-refractivity contribution in [1.29, 1.82) is 0 Å². The van der Waals surface area contributed by atoms with Gasteiger partial charge < -0.3 is 20.6 Å². The Hall–Kier alpha value is -3.88. The summed E-state index contributed by atoms with van der Waals surface area (Å²) in [6, 6.07) is 27.7. The van der Waals surface area contributed by atoms with Crippen molar-refractivity contribution in [1.82, 2.24) is 5.32 Å². The molecule has 0 aliphatic carbocycles. The van der Waals surface area contributed by atoms with Crippen LogP contribution in [0.2, 0.25) is 15.1 Å². The molecule has 5 rings (SSSR count). The molecule has 44 heavy (non-hydrogen) atoms. The summed E-state index contributed by atoms with van der Waals surface area (Å²) in [5.41, 5.74) is 5.44. The van der Waals surface area contributed by atoms with Gasteiger partial charge in [-0.15, -0.1) is 0 Å². The minimum atomic E-state index is -0.889. The monoisotopic (exact) mass is 652 g/mol. The third kappa shape index (κ3) is 9.82. The number of halogens is 3. The van der Waals surface area contributed by atoms with Crippen LogP contribution in [0.25, 0.3) is 0 Å². The van der Waals surface area contributed by atoms with Crippen LogP contribution in [0.5, 0.6) is 0 Å². The number of likely N-dealkylation sites (N-methyl/N-ethyl adjacent to an activating group) is 1. The number of benzodiazepines with no additional fused rings is 1. The summed E-state index contributed by atoms with van der Waals surface area (Å²) in [5, 5.41) is 16.7. The summed E-state index contributed by atoms with van der Waals surface area (Å²) in [6.45, 7) is 6.53. The number of benzene rings is 4. The standard InChI is InChI=1S/C16H13ClN2O.C14H11Cl2NO2.C4H11N/c1-19-14-8-7-12(17)9-13(14)16(18-10-15(19)20)11-5-3-2-4-6-11;15-10-5-3-6-11(16)14(10)17-12-7-2-1-4-9(12)8-13(18)19;1-3-5-4-2/h2-9H,10H2,1H3;1-7,17H,8H2,(H,18,19);5H,3-4H2,1-2H3. The van der Waals surface area contributed by atoms with Crippen LogP contribution in [0.1, 0.15) is 30.5 Å². The molecule has 4 aromatic carbocycles. The molecule has 1 amide bonds. The van der Waals surface area contributed by atoms with Gasteiger partial charge in [0.2, 0.25) is 5.91 Å². The molecule has 0 radical (unpaired) electrons. The van der Waals surface area contributed by atoms with Crippen molar-refractivity contribution < 1.29 is 14.7 Å². The van der Waals surface area contributed by atoms with Crippen LogP contribution in [0.3, 0.4) is 0 Å². The Balaban J connectivity index is 0.000000209. The van der Waals surface area contributed by atoms with Crippen molar-refractivity contribution in [2.75, 3.05) is 36.9 Å². The van der Waals surface area contributed by atoms with Gasteiger partial charge in [-0.3, -0.25) is 14.6 Å². The first-order valence-electron chi connectivity index (χ1n) is 14.0. The number of fused-ring (bicyclic) bond motifs is 1. The first-order chi connectivity index (χ1) is 21.2. The summed E-state index contributed by atoms with van der Waals surface area (Å²) in [6.07, 6.45) is -0.0642. The number of rotatable bonds is 7. The average Bonchev–Trinajstić information content (AvgIpc) is 3.12. The molecule has 0 spiro atoms. The SMILES string of the molecule is CCNCC.CN1C(=O)CN=C(c2ccccc2)c2cc(Cl)ccc21.O=C(O)Cc1ccccc1Nc1c(Cl)cccc1Cl. The average molecular weight is 654 g/mol. The Kier molecular flexibility index (Phi) is 13.7. The van der Waals surface area contributed by atoms with E-state index in [2.05, 4.69) is 29.5 Å². The smallest absolute Gasteiger partial charge is 0.307 e. The zero-order chi connectivity index (χ0) is 32.1. The fourth-order valence-corrected chi connectivity index (χ4v) is 4.93. The molecular formula is C34H35Cl3N4O3. The number of nitrogens with zero attached hydrogens (tertiary/aromatic N) is 2. The highest BCUT2D eigenvalue weighted by Gasteiger charge is 2.22. The minimum Gasteiger partial charge on any atom is -0.481 e. The van der Waals surface area contributed by atoms with Crippen molar-refractivity contribution in [2.45, 2.75) is 20.3 Å². The van der Waals surface area contributed by atoms with Gasteiger partial charge in [-0.1, -0.05) is 103 Å². The van der Waals surface area contributed by atoms with E-state index in [1.807, 2.05) is 48.5 Å². The highest BCUT2D eigenvalue weighted by Crippen LogP contribution is 2.33. The van der Waals surface area contributed by atoms with Gasteiger partial charge in [0.15, 0.2) is 0 Å². The molecule has 4 aromatic rings. The van der Waals surface area contributed by atoms with E-state index in [1.54, 1.807) is 54.4 Å². The zero-order valence-electron chi connectivity index (χ0n) is 24.8. The van der Waals surface area contributed by atoms with Crippen molar-refractivity contribution in [3.05, 3.63) is 123 Å². The number of aliphatic imine (C=N–C) groups is 1. The molecule has 1 aliphatic rings. The Morgan fingerprint density at radius 2 is 1.52 bits per heavy atom. The molecule has 10 heteroatoms. The summed E-state index contributed by atoms with van der Waals surface area (Å²) in [7, 11) is 1.76. The van der Waals surface area contributed by atoms with Gasteiger partial charge in [0.05, 0.1) is 33.6 Å². The van der Waals surface area contributed by atoms with Crippen LogP contribution in [0.15, 0.2) is 96.0 Å². The summed E-state index contributed by atoms with van der Waals surface area (Å²) in [5.74, 6) is -0.918. The lowest BCUT2D eigenvalue weighted by molar-refractivity contribution is -0.136. The van der Waals surface area contributed by atoms with E-state index in [0.29, 0.717) is 32.0 Å². The summed E-state index contributed by atoms with van der Waals surface area (Å²) in [4.78, 5) is 29.0. The zero-order valence-corrected chi connectivity index (χ0v) is 27.0. The van der Waals surface area contributed by atoms with Crippen molar-refractivity contribution in [3.63, 3.8) is 0 Å². The van der Waals surface area contributed by atoms with Gasteiger partial charge in [-0.05, 0) is 55.1 Å². The Morgan fingerprint density at radius 3 is 2.14 bits per heavy atom. The van der Waals surface area contributed by atoms with E-state index >= 15 is 0 Å². The fraction of sp³-hybridized carbons (Fsp3) is 0.206. The number of amides is 1. The van der Waals surface area contributed by atoms with Crippen LogP contribution >= 0.6 is 34.8 Å². The first kappa shape index (κ1) is 34.6. The number of carboxylic acids is 1. The lowest BCUT2D eigenvalue weighted by atomic mass is 10.0. The first-order valence-corrected chi connectivity index (χ1v) is 15.2. The van der Waals surface area contributed by atoms with Crippen LogP contribution in [-0.4, -0.2) is 49.4 Å². The number of aliphatic carboxylic acids is 1. The highest BCUT2D eigenvalue weighted by molar-refractivity contribution is 6.39. The number of nitrogens with one attached hydrogen (secondary N) is 2. The topological polar surface area (TPSA) is 94.0 Å². The fourth-order valence-electron chi connectivity index (χ4n) is 4.27. The molecule has 0 fully saturated rings. The number of hydrogen-bond donors (Lipinski definition) is 3. The minimum absolute atomic E-state index is 0.0282. The van der Waals surface area contributed by atoms with Crippen LogP contribution in [0, 0.1) is 0 Å². The quantitative estimate of drug-likeness (QED) is 0.187. The Morgan fingerprint density at radius 1 is 0.886 bits per heavy atom. The van der Waals surface area contributed by atoms with Crippen LogP contribution in [-0.2, 0) is 16.0 Å². The number of anilines is 3. The number of hydrogen-bond acceptors (Lipinski definition) is 5. The molecule has 0 bridgehead atoms. The predicted molar refractivity (Wildman–Crippen MR) is 184 cm³/mol. The number of carbonyl (C=O) groups is 2. The van der Waals surface area contributed by atoms with Crippen molar-refractivity contribution in [3.8, 4) is 0 Å². The molecule has 230 valence electrons. The second kappa shape index (κ2) is 17.4. The lowest BCUT2D eigenvalue weighted by Gasteiger charge is -2.18. The van der Waals surface area contributed by atoms with Crippen LogP contribution in [0.4, 0.5) is 17.1 Å². The number of carbonyl (C=O) groups excluding carboxylic acids is 1. The maximum absolute atomic E-state index is 12.0. The second-order valence-corrected chi connectivity index (χ2v) is 10.8. The van der Waals surface area contributed by atoms with E-state index in [4.69, 9.17) is 39.9 Å². The van der Waals surface area contributed by atoms with Crippen molar-refractivity contribution >= 4 is 69.5 Å². The predicted octanol–water partition coefficient (Wildman–Crippen LogP) is 8.13. The summed E-state index contributed by atoms with van der Waals surface area (Å²) < 4.78 is 0. The lowest BCUT2D eigenvalue weighted by Crippen LogP contribution is -2.27. The van der Waals surface area contributed by atoms with E-state index in [1.165, 1.54) is 0 Å². The number of carboxylic acid groups (broad SMARTS) is 1. The molecule has 0 unspecified atom stereocenters. The Labute approximate surface area is 273 Å². The van der Waals surface area contributed by atoms with Gasteiger partial charge in [0, 0.05) is 28.9 Å². The third-order valence-corrected chi connectivity index (χ3v) is 7.32. The molecule has 7 nitrogen and oxygen atoms in total. The second-order valence-electron chi connectivity index (χ2n) is 9.55. The van der Waals surface area contributed by atoms with Gasteiger partial charge in [0.25, 0.3) is 0 Å².